The molecule has 1 unspecified atom stereocenters. The molecule has 1 atom stereocenters. The lowest BCUT2D eigenvalue weighted by Gasteiger charge is -2.15. The number of ether oxygens (including phenoxy) is 2. The standard InChI is InChI=1S/C29H25F2N3O3/c1-17-21-10-11-32-25(21)15-24(31)27(17)37-20-8-9-23(30)22(14-20)29-33-16-26(34-29)28(36-2)19-7-3-5-18(13-19)6-4-12-35/h3,5,7-16,28,32H,4,6H2,1-2H3,(H,33,34). The molecule has 3 aromatic carbocycles. The van der Waals surface area contributed by atoms with Crippen LogP contribution in [0.2, 0.25) is 0 Å². The fraction of sp³-hybridized carbons (Fsp3) is 0.172. The van der Waals surface area contributed by atoms with Crippen LogP contribution in [0.15, 0.2) is 67.0 Å². The number of H-pyrrole nitrogens is 2. The summed E-state index contributed by atoms with van der Waals surface area (Å²) in [4.78, 5) is 21.3. The van der Waals surface area contributed by atoms with Gasteiger partial charge in [0.2, 0.25) is 0 Å². The van der Waals surface area contributed by atoms with Gasteiger partial charge < -0.3 is 24.2 Å². The summed E-state index contributed by atoms with van der Waals surface area (Å²) in [5, 5.41) is 0.843. The van der Waals surface area contributed by atoms with E-state index in [4.69, 9.17) is 9.47 Å². The SMILES string of the molecule is COC(c1cccc(CCC=O)c1)c1cnc(-c2cc(Oc3c(F)cc4[nH]ccc4c3C)ccc2F)[nH]1. The zero-order valence-electron chi connectivity index (χ0n) is 20.3. The van der Waals surface area contributed by atoms with Gasteiger partial charge in [-0.15, -0.1) is 0 Å². The summed E-state index contributed by atoms with van der Waals surface area (Å²) in [5.74, 6) is -0.375. The molecule has 0 amide bonds. The summed E-state index contributed by atoms with van der Waals surface area (Å²) >= 11 is 0. The van der Waals surface area contributed by atoms with Gasteiger partial charge in [0, 0.05) is 42.3 Å². The van der Waals surface area contributed by atoms with Crippen LogP contribution >= 0.6 is 0 Å². The van der Waals surface area contributed by atoms with Crippen molar-refractivity contribution >= 4 is 17.2 Å². The molecule has 2 heterocycles. The second-order valence-electron chi connectivity index (χ2n) is 8.75. The van der Waals surface area contributed by atoms with Gasteiger partial charge >= 0.3 is 0 Å². The quantitative estimate of drug-likeness (QED) is 0.218. The van der Waals surface area contributed by atoms with Crippen molar-refractivity contribution in [1.82, 2.24) is 15.0 Å². The number of benzene rings is 3. The Kier molecular flexibility index (Phi) is 6.83. The lowest BCUT2D eigenvalue weighted by molar-refractivity contribution is -0.107. The Morgan fingerprint density at radius 2 is 1.95 bits per heavy atom. The second-order valence-corrected chi connectivity index (χ2v) is 8.75. The van der Waals surface area contributed by atoms with Crippen molar-refractivity contribution in [2.75, 3.05) is 7.11 Å². The van der Waals surface area contributed by atoms with E-state index in [1.54, 1.807) is 26.4 Å². The molecule has 8 heteroatoms. The summed E-state index contributed by atoms with van der Waals surface area (Å²) in [7, 11) is 1.58. The largest absolute Gasteiger partial charge is 0.454 e. The molecule has 37 heavy (non-hydrogen) atoms. The van der Waals surface area contributed by atoms with E-state index in [1.165, 1.54) is 24.3 Å². The summed E-state index contributed by atoms with van der Waals surface area (Å²) < 4.78 is 41.2. The normalized spacial score (nSPS) is 12.1. The third kappa shape index (κ3) is 4.88. The average molecular weight is 502 g/mol. The molecule has 0 radical (unpaired) electrons. The fourth-order valence-electron chi connectivity index (χ4n) is 4.50. The molecule has 0 saturated carbocycles. The van der Waals surface area contributed by atoms with Gasteiger partial charge in [0.15, 0.2) is 11.6 Å². The lowest BCUT2D eigenvalue weighted by atomic mass is 10.0. The summed E-state index contributed by atoms with van der Waals surface area (Å²) in [6.07, 6.45) is 4.83. The number of rotatable bonds is 9. The number of nitrogens with one attached hydrogen (secondary N) is 2. The molecule has 0 spiro atoms. The number of carbonyl (C=O) groups is 1. The minimum Gasteiger partial charge on any atom is -0.454 e. The Bertz CT molecular complexity index is 1570. The molecule has 0 fully saturated rings. The third-order valence-corrected chi connectivity index (χ3v) is 6.34. The average Bonchev–Trinajstić information content (AvgIpc) is 3.57. The van der Waals surface area contributed by atoms with Crippen molar-refractivity contribution in [1.29, 1.82) is 0 Å². The predicted octanol–water partition coefficient (Wildman–Crippen LogP) is 6.80. The van der Waals surface area contributed by atoms with Gasteiger partial charge in [-0.2, -0.15) is 0 Å². The number of aldehydes is 1. The van der Waals surface area contributed by atoms with E-state index >= 15 is 0 Å². The Hall–Kier alpha value is -4.30. The Balaban J connectivity index is 1.44. The Labute approximate surface area is 212 Å². The number of hydrogen-bond acceptors (Lipinski definition) is 4. The predicted molar refractivity (Wildman–Crippen MR) is 137 cm³/mol. The maximum Gasteiger partial charge on any atom is 0.168 e. The number of carbonyl (C=O) groups excluding carboxylic acids is 1. The van der Waals surface area contributed by atoms with Gasteiger partial charge in [0.1, 0.15) is 29.8 Å². The second kappa shape index (κ2) is 10.4. The first-order valence-electron chi connectivity index (χ1n) is 11.8. The van der Waals surface area contributed by atoms with E-state index in [0.717, 1.165) is 22.8 Å². The number of hydrogen-bond donors (Lipinski definition) is 2. The van der Waals surface area contributed by atoms with Crippen LogP contribution in [0.4, 0.5) is 8.78 Å². The first-order valence-corrected chi connectivity index (χ1v) is 11.8. The van der Waals surface area contributed by atoms with Crippen molar-refractivity contribution in [2.45, 2.75) is 25.9 Å². The molecular formula is C29H25F2N3O3. The molecule has 6 nitrogen and oxygen atoms in total. The molecule has 2 N–H and O–H groups in total. The molecule has 0 aliphatic rings. The highest BCUT2D eigenvalue weighted by atomic mass is 19.1. The van der Waals surface area contributed by atoms with E-state index < -0.39 is 17.7 Å². The van der Waals surface area contributed by atoms with Crippen LogP contribution in [0.25, 0.3) is 22.3 Å². The minimum absolute atomic E-state index is 0.0821. The first-order chi connectivity index (χ1) is 18.0. The Morgan fingerprint density at radius 1 is 1.08 bits per heavy atom. The van der Waals surface area contributed by atoms with E-state index in [9.17, 15) is 13.6 Å². The molecule has 2 aromatic heterocycles. The van der Waals surface area contributed by atoms with E-state index in [2.05, 4.69) is 15.0 Å². The van der Waals surface area contributed by atoms with Crippen LogP contribution in [0, 0.1) is 18.6 Å². The number of fused-ring (bicyclic) bond motifs is 1. The smallest absolute Gasteiger partial charge is 0.168 e. The molecule has 5 rings (SSSR count). The summed E-state index contributed by atoms with van der Waals surface area (Å²) in [6, 6.07) is 15.2. The number of halogens is 2. The monoisotopic (exact) mass is 501 g/mol. The van der Waals surface area contributed by atoms with Crippen LogP contribution in [0.5, 0.6) is 11.5 Å². The van der Waals surface area contributed by atoms with Crippen molar-refractivity contribution < 1.29 is 23.0 Å². The highest BCUT2D eigenvalue weighted by Crippen LogP contribution is 2.35. The molecular weight excluding hydrogens is 476 g/mol. The van der Waals surface area contributed by atoms with Crippen molar-refractivity contribution in [3.63, 3.8) is 0 Å². The van der Waals surface area contributed by atoms with Gasteiger partial charge in [-0.25, -0.2) is 13.8 Å². The van der Waals surface area contributed by atoms with Gasteiger partial charge in [0.05, 0.1) is 17.5 Å². The highest BCUT2D eigenvalue weighted by molar-refractivity contribution is 5.85. The molecule has 188 valence electrons. The number of nitrogens with zero attached hydrogens (tertiary/aromatic N) is 1. The van der Waals surface area contributed by atoms with E-state index in [-0.39, 0.29) is 22.9 Å². The zero-order chi connectivity index (χ0) is 25.9. The van der Waals surface area contributed by atoms with Crippen LogP contribution in [-0.2, 0) is 16.0 Å². The minimum atomic E-state index is -0.517. The Morgan fingerprint density at radius 3 is 2.76 bits per heavy atom. The van der Waals surface area contributed by atoms with E-state index in [0.29, 0.717) is 29.6 Å². The van der Waals surface area contributed by atoms with Crippen LogP contribution in [-0.4, -0.2) is 28.3 Å². The number of aromatic nitrogens is 3. The maximum absolute atomic E-state index is 14.9. The maximum atomic E-state index is 14.9. The van der Waals surface area contributed by atoms with Crippen LogP contribution in [0.1, 0.15) is 34.9 Å². The molecule has 0 aliphatic carbocycles. The van der Waals surface area contributed by atoms with Gasteiger partial charge in [-0.05, 0) is 48.7 Å². The third-order valence-electron chi connectivity index (χ3n) is 6.34. The summed E-state index contributed by atoms with van der Waals surface area (Å²) in [6.45, 7) is 1.77. The number of aryl methyl sites for hydroxylation is 2. The number of aromatic amines is 2. The lowest BCUT2D eigenvalue weighted by Crippen LogP contribution is -2.05. The van der Waals surface area contributed by atoms with Crippen molar-refractivity contribution in [3.05, 3.63) is 101 Å². The number of methoxy groups -OCH3 is 1. The van der Waals surface area contributed by atoms with Crippen molar-refractivity contribution in [2.24, 2.45) is 0 Å². The zero-order valence-corrected chi connectivity index (χ0v) is 20.3. The highest BCUT2D eigenvalue weighted by Gasteiger charge is 2.20. The summed E-state index contributed by atoms with van der Waals surface area (Å²) in [5.41, 5.74) is 4.02. The van der Waals surface area contributed by atoms with Crippen LogP contribution < -0.4 is 4.74 Å². The molecule has 0 bridgehead atoms. The molecule has 5 aromatic rings. The molecule has 0 saturated heterocycles. The number of imidazole rings is 1. The molecule has 0 aliphatic heterocycles. The van der Waals surface area contributed by atoms with Gasteiger partial charge in [0.25, 0.3) is 0 Å². The topological polar surface area (TPSA) is 80.0 Å². The van der Waals surface area contributed by atoms with E-state index in [1.807, 2.05) is 30.3 Å². The van der Waals surface area contributed by atoms with Crippen molar-refractivity contribution in [3.8, 4) is 22.9 Å². The fourth-order valence-corrected chi connectivity index (χ4v) is 4.50. The van der Waals surface area contributed by atoms with Gasteiger partial charge in [-0.3, -0.25) is 0 Å². The van der Waals surface area contributed by atoms with Gasteiger partial charge in [-0.1, -0.05) is 24.3 Å². The van der Waals surface area contributed by atoms with Crippen LogP contribution in [0.3, 0.4) is 0 Å². The first kappa shape index (κ1) is 24.4.